The predicted molar refractivity (Wildman–Crippen MR) is 47.1 cm³/mol. The molecule has 0 heterocycles. The Hall–Kier alpha value is -0.790. The second-order valence-corrected chi connectivity index (χ2v) is 2.71. The molecule has 0 bridgehead atoms. The van der Waals surface area contributed by atoms with Crippen molar-refractivity contribution in [2.75, 3.05) is 0 Å². The quantitative estimate of drug-likeness (QED) is 0.443. The zero-order valence-electron chi connectivity index (χ0n) is 7.01. The molecule has 0 unspecified atom stereocenters. The van der Waals surface area contributed by atoms with Gasteiger partial charge < -0.3 is 5.73 Å². The summed E-state index contributed by atoms with van der Waals surface area (Å²) in [5.74, 6) is -0.186. The highest BCUT2D eigenvalue weighted by atomic mass is 16.1. The maximum absolute atomic E-state index is 10.3. The molecule has 0 saturated heterocycles. The zero-order valence-corrected chi connectivity index (χ0v) is 7.01. The van der Waals surface area contributed by atoms with E-state index in [9.17, 15) is 4.79 Å². The van der Waals surface area contributed by atoms with Gasteiger partial charge in [0.05, 0.1) is 0 Å². The van der Waals surface area contributed by atoms with Crippen LogP contribution in [0, 0.1) is 0 Å². The lowest BCUT2D eigenvalue weighted by Crippen LogP contribution is -2.09. The number of unbranched alkanes of at least 4 members (excludes halogenated alkanes) is 4. The van der Waals surface area contributed by atoms with Crippen molar-refractivity contribution < 1.29 is 4.79 Å². The lowest BCUT2D eigenvalue weighted by atomic mass is 10.1. The Bertz CT molecular complexity index is 121. The van der Waals surface area contributed by atoms with Crippen LogP contribution in [0.2, 0.25) is 0 Å². The minimum Gasteiger partial charge on any atom is -0.370 e. The lowest BCUT2D eigenvalue weighted by Gasteiger charge is -1.96. The highest BCUT2D eigenvalue weighted by Crippen LogP contribution is 2.04. The van der Waals surface area contributed by atoms with Crippen LogP contribution in [0.3, 0.4) is 0 Å². The summed E-state index contributed by atoms with van der Waals surface area (Å²) in [4.78, 5) is 10.3. The van der Waals surface area contributed by atoms with Crippen LogP contribution >= 0.6 is 0 Å². The summed E-state index contributed by atoms with van der Waals surface area (Å²) in [5.41, 5.74) is 4.98. The molecule has 0 aliphatic carbocycles. The molecule has 0 aromatic carbocycles. The van der Waals surface area contributed by atoms with Crippen molar-refractivity contribution in [2.24, 2.45) is 5.73 Å². The standard InChI is InChI=1S/C9H17NO/c1-2-3-4-5-6-7-8-9(10)11/h2H,1,3-8H2,(H2,10,11). The number of hydrogen-bond donors (Lipinski definition) is 1. The van der Waals surface area contributed by atoms with E-state index in [1.807, 2.05) is 6.08 Å². The third-order valence-corrected chi connectivity index (χ3v) is 1.58. The first-order valence-electron chi connectivity index (χ1n) is 4.16. The minimum absolute atomic E-state index is 0.186. The molecule has 64 valence electrons. The van der Waals surface area contributed by atoms with Crippen LogP contribution in [0.25, 0.3) is 0 Å². The molecule has 0 atom stereocenters. The molecule has 0 radical (unpaired) electrons. The highest BCUT2D eigenvalue weighted by molar-refractivity contribution is 5.73. The van der Waals surface area contributed by atoms with Crippen LogP contribution in [0.4, 0.5) is 0 Å². The molecule has 0 aliphatic rings. The third kappa shape index (κ3) is 9.21. The van der Waals surface area contributed by atoms with E-state index in [4.69, 9.17) is 5.73 Å². The van der Waals surface area contributed by atoms with Crippen molar-refractivity contribution in [3.63, 3.8) is 0 Å². The first-order chi connectivity index (χ1) is 5.27. The topological polar surface area (TPSA) is 43.1 Å². The van der Waals surface area contributed by atoms with E-state index in [2.05, 4.69) is 6.58 Å². The maximum Gasteiger partial charge on any atom is 0.217 e. The van der Waals surface area contributed by atoms with E-state index in [0.717, 1.165) is 19.3 Å². The van der Waals surface area contributed by atoms with Gasteiger partial charge in [-0.2, -0.15) is 0 Å². The van der Waals surface area contributed by atoms with Crippen LogP contribution < -0.4 is 5.73 Å². The van der Waals surface area contributed by atoms with Gasteiger partial charge in [-0.25, -0.2) is 0 Å². The molecule has 0 aliphatic heterocycles. The van der Waals surface area contributed by atoms with E-state index in [1.165, 1.54) is 12.8 Å². The van der Waals surface area contributed by atoms with Crippen molar-refractivity contribution in [3.05, 3.63) is 12.7 Å². The van der Waals surface area contributed by atoms with Crippen LogP contribution in [0.1, 0.15) is 38.5 Å². The highest BCUT2D eigenvalue weighted by Gasteiger charge is 1.93. The summed E-state index contributed by atoms with van der Waals surface area (Å²) in [7, 11) is 0. The first kappa shape index (κ1) is 10.2. The second-order valence-electron chi connectivity index (χ2n) is 2.71. The number of carbonyl (C=O) groups excluding carboxylic acids is 1. The first-order valence-corrected chi connectivity index (χ1v) is 4.16. The Balaban J connectivity index is 2.90. The van der Waals surface area contributed by atoms with Gasteiger partial charge in [0.1, 0.15) is 0 Å². The van der Waals surface area contributed by atoms with Gasteiger partial charge >= 0.3 is 0 Å². The van der Waals surface area contributed by atoms with Gasteiger partial charge in [0.2, 0.25) is 5.91 Å². The summed E-state index contributed by atoms with van der Waals surface area (Å²) in [6.45, 7) is 3.63. The fourth-order valence-corrected chi connectivity index (χ4v) is 0.941. The van der Waals surface area contributed by atoms with E-state index in [-0.39, 0.29) is 5.91 Å². The van der Waals surface area contributed by atoms with Gasteiger partial charge in [-0.15, -0.1) is 6.58 Å². The van der Waals surface area contributed by atoms with Crippen molar-refractivity contribution in [1.82, 2.24) is 0 Å². The zero-order chi connectivity index (χ0) is 8.53. The molecule has 2 heteroatoms. The van der Waals surface area contributed by atoms with Gasteiger partial charge in [0.15, 0.2) is 0 Å². The Morgan fingerprint density at radius 1 is 1.27 bits per heavy atom. The van der Waals surface area contributed by atoms with Crippen molar-refractivity contribution >= 4 is 5.91 Å². The summed E-state index contributed by atoms with van der Waals surface area (Å²) in [6, 6.07) is 0. The number of allylic oxidation sites excluding steroid dienone is 1. The van der Waals surface area contributed by atoms with Crippen molar-refractivity contribution in [3.8, 4) is 0 Å². The lowest BCUT2D eigenvalue weighted by molar-refractivity contribution is -0.118. The monoisotopic (exact) mass is 155 g/mol. The average Bonchev–Trinajstić information content (AvgIpc) is 1.96. The molecule has 0 rings (SSSR count). The Labute approximate surface area is 68.5 Å². The van der Waals surface area contributed by atoms with Gasteiger partial charge in [-0.3, -0.25) is 4.79 Å². The SMILES string of the molecule is C=CCCCCCCC(N)=O. The molecular formula is C9H17NO. The smallest absolute Gasteiger partial charge is 0.217 e. The number of carbonyl (C=O) groups is 1. The molecule has 2 nitrogen and oxygen atoms in total. The summed E-state index contributed by atoms with van der Waals surface area (Å²) < 4.78 is 0. The second kappa shape index (κ2) is 7.32. The number of nitrogens with two attached hydrogens (primary N) is 1. The van der Waals surface area contributed by atoms with Crippen LogP contribution in [-0.2, 0) is 4.79 Å². The largest absolute Gasteiger partial charge is 0.370 e. The number of primary amides is 1. The molecule has 0 fully saturated rings. The maximum atomic E-state index is 10.3. The Kier molecular flexibility index (Phi) is 6.79. The average molecular weight is 155 g/mol. The van der Waals surface area contributed by atoms with E-state index in [1.54, 1.807) is 0 Å². The molecule has 0 aromatic rings. The molecular weight excluding hydrogens is 138 g/mol. The van der Waals surface area contributed by atoms with E-state index in [0.29, 0.717) is 6.42 Å². The van der Waals surface area contributed by atoms with Crippen LogP contribution in [0.15, 0.2) is 12.7 Å². The molecule has 11 heavy (non-hydrogen) atoms. The van der Waals surface area contributed by atoms with Crippen LogP contribution in [0.5, 0.6) is 0 Å². The van der Waals surface area contributed by atoms with E-state index < -0.39 is 0 Å². The third-order valence-electron chi connectivity index (χ3n) is 1.58. The van der Waals surface area contributed by atoms with Crippen molar-refractivity contribution in [2.45, 2.75) is 38.5 Å². The minimum atomic E-state index is -0.186. The van der Waals surface area contributed by atoms with Gasteiger partial charge in [0.25, 0.3) is 0 Å². The van der Waals surface area contributed by atoms with Crippen molar-refractivity contribution in [1.29, 1.82) is 0 Å². The van der Waals surface area contributed by atoms with Gasteiger partial charge in [-0.1, -0.05) is 18.9 Å². The van der Waals surface area contributed by atoms with Gasteiger partial charge in [0, 0.05) is 6.42 Å². The molecule has 0 spiro atoms. The number of hydrogen-bond acceptors (Lipinski definition) is 1. The number of rotatable bonds is 7. The van der Waals surface area contributed by atoms with Gasteiger partial charge in [-0.05, 0) is 19.3 Å². The predicted octanol–water partition coefficient (Wildman–Crippen LogP) is 2.00. The molecule has 0 aromatic heterocycles. The fourth-order valence-electron chi connectivity index (χ4n) is 0.941. The summed E-state index contributed by atoms with van der Waals surface area (Å²) in [6.07, 6.45) is 7.95. The van der Waals surface area contributed by atoms with Crippen LogP contribution in [-0.4, -0.2) is 5.91 Å². The normalized spacial score (nSPS) is 9.45. The Morgan fingerprint density at radius 3 is 2.45 bits per heavy atom. The Morgan fingerprint density at radius 2 is 1.91 bits per heavy atom. The summed E-state index contributed by atoms with van der Waals surface area (Å²) in [5, 5.41) is 0. The number of amides is 1. The summed E-state index contributed by atoms with van der Waals surface area (Å²) >= 11 is 0. The molecule has 1 amide bonds. The van der Waals surface area contributed by atoms with E-state index >= 15 is 0 Å². The molecule has 0 saturated carbocycles. The fraction of sp³-hybridized carbons (Fsp3) is 0.667. The molecule has 2 N–H and O–H groups in total.